The molecule has 0 radical (unpaired) electrons. The molecule has 0 bridgehead atoms. The van der Waals surface area contributed by atoms with E-state index < -0.39 is 0 Å². The number of nitrogens with zero attached hydrogens (tertiary/aromatic N) is 1. The van der Waals surface area contributed by atoms with E-state index in [9.17, 15) is 9.59 Å². The van der Waals surface area contributed by atoms with Gasteiger partial charge in [-0.1, -0.05) is 22.0 Å². The lowest BCUT2D eigenvalue weighted by atomic mass is 10.2. The second kappa shape index (κ2) is 11.3. The number of pyridine rings is 1. The molecular formula is C26H21Br2N3O4. The standard InChI is InChI=1S/C26H21Br2N3O4/c1-2-34-19-11-9-18(10-12-19)31-26(33)16-5-7-17(8-6-16)30-23(32)15-35-25-22(28)14-21(27)20-4-3-13-29-24(20)25/h3-14H,2,15H2,1H3,(H,30,32)(H,31,33). The predicted octanol–water partition coefficient (Wildman–Crippen LogP) is 6.43. The highest BCUT2D eigenvalue weighted by Crippen LogP contribution is 2.37. The number of amides is 2. The lowest BCUT2D eigenvalue weighted by Gasteiger charge is -2.12. The van der Waals surface area contributed by atoms with Gasteiger partial charge in [0.15, 0.2) is 12.4 Å². The highest BCUT2D eigenvalue weighted by atomic mass is 79.9. The average Bonchev–Trinajstić information content (AvgIpc) is 2.85. The first-order chi connectivity index (χ1) is 16.9. The molecule has 0 saturated heterocycles. The minimum atomic E-state index is -0.338. The highest BCUT2D eigenvalue weighted by Gasteiger charge is 2.14. The number of ether oxygens (including phenoxy) is 2. The maximum atomic E-state index is 12.5. The van der Waals surface area contributed by atoms with Crippen molar-refractivity contribution in [1.82, 2.24) is 4.98 Å². The number of nitrogens with one attached hydrogen (secondary N) is 2. The molecule has 35 heavy (non-hydrogen) atoms. The van der Waals surface area contributed by atoms with Crippen molar-refractivity contribution in [2.45, 2.75) is 6.92 Å². The van der Waals surface area contributed by atoms with Gasteiger partial charge in [-0.2, -0.15) is 0 Å². The van der Waals surface area contributed by atoms with E-state index in [0.29, 0.717) is 39.3 Å². The molecule has 1 heterocycles. The maximum Gasteiger partial charge on any atom is 0.262 e. The van der Waals surface area contributed by atoms with Gasteiger partial charge in [-0.3, -0.25) is 14.6 Å². The van der Waals surface area contributed by atoms with E-state index in [1.165, 1.54) is 0 Å². The summed E-state index contributed by atoms with van der Waals surface area (Å²) in [4.78, 5) is 29.4. The Balaban J connectivity index is 1.34. The van der Waals surface area contributed by atoms with E-state index in [-0.39, 0.29) is 18.4 Å². The third kappa shape index (κ3) is 6.17. The Morgan fingerprint density at radius 3 is 2.29 bits per heavy atom. The first kappa shape index (κ1) is 24.7. The number of benzene rings is 3. The number of rotatable bonds is 8. The van der Waals surface area contributed by atoms with Gasteiger partial charge < -0.3 is 20.1 Å². The van der Waals surface area contributed by atoms with Gasteiger partial charge in [0.05, 0.1) is 11.1 Å². The fraction of sp³-hybridized carbons (Fsp3) is 0.115. The van der Waals surface area contributed by atoms with Crippen LogP contribution in [0, 0.1) is 0 Å². The van der Waals surface area contributed by atoms with Gasteiger partial charge in [0.2, 0.25) is 0 Å². The number of halogens is 2. The van der Waals surface area contributed by atoms with Crippen LogP contribution in [0.5, 0.6) is 11.5 Å². The van der Waals surface area contributed by atoms with E-state index in [2.05, 4.69) is 47.5 Å². The van der Waals surface area contributed by atoms with E-state index in [0.717, 1.165) is 15.6 Å². The lowest BCUT2D eigenvalue weighted by molar-refractivity contribution is -0.118. The second-order valence-corrected chi connectivity index (χ2v) is 9.10. The van der Waals surface area contributed by atoms with Gasteiger partial charge in [-0.25, -0.2) is 0 Å². The maximum absolute atomic E-state index is 12.5. The van der Waals surface area contributed by atoms with Crippen LogP contribution in [0.4, 0.5) is 11.4 Å². The summed E-state index contributed by atoms with van der Waals surface area (Å²) in [7, 11) is 0. The number of fused-ring (bicyclic) bond motifs is 1. The summed E-state index contributed by atoms with van der Waals surface area (Å²) in [5.41, 5.74) is 2.32. The quantitative estimate of drug-likeness (QED) is 0.244. The SMILES string of the molecule is CCOc1ccc(NC(=O)c2ccc(NC(=O)COc3c(Br)cc(Br)c4cccnc34)cc2)cc1. The molecule has 0 fully saturated rings. The summed E-state index contributed by atoms with van der Waals surface area (Å²) in [5, 5.41) is 6.48. The van der Waals surface area contributed by atoms with Gasteiger partial charge in [0, 0.05) is 33.0 Å². The molecule has 0 unspecified atom stereocenters. The zero-order chi connectivity index (χ0) is 24.8. The highest BCUT2D eigenvalue weighted by molar-refractivity contribution is 9.11. The van der Waals surface area contributed by atoms with Crippen LogP contribution in [-0.2, 0) is 4.79 Å². The number of hydrogen-bond donors (Lipinski definition) is 2. The Labute approximate surface area is 219 Å². The van der Waals surface area contributed by atoms with E-state index in [4.69, 9.17) is 9.47 Å². The molecule has 0 aliphatic rings. The molecular weight excluding hydrogens is 578 g/mol. The van der Waals surface area contributed by atoms with Crippen LogP contribution in [0.25, 0.3) is 10.9 Å². The summed E-state index contributed by atoms with van der Waals surface area (Å²) in [5.74, 6) is 0.636. The second-order valence-electron chi connectivity index (χ2n) is 7.39. The largest absolute Gasteiger partial charge is 0.494 e. The van der Waals surface area contributed by atoms with Crippen molar-refractivity contribution in [2.24, 2.45) is 0 Å². The van der Waals surface area contributed by atoms with E-state index >= 15 is 0 Å². The first-order valence-corrected chi connectivity index (χ1v) is 12.3. The van der Waals surface area contributed by atoms with Crippen molar-refractivity contribution < 1.29 is 19.1 Å². The summed E-state index contributed by atoms with van der Waals surface area (Å²) in [6.45, 7) is 2.29. The van der Waals surface area contributed by atoms with Gasteiger partial charge in [0.25, 0.3) is 11.8 Å². The Morgan fingerprint density at radius 2 is 1.57 bits per heavy atom. The van der Waals surface area contributed by atoms with Crippen LogP contribution in [0.2, 0.25) is 0 Å². The summed E-state index contributed by atoms with van der Waals surface area (Å²) < 4.78 is 12.7. The molecule has 178 valence electrons. The molecule has 0 aliphatic heterocycles. The molecule has 0 aliphatic carbocycles. The number of aromatic nitrogens is 1. The summed E-state index contributed by atoms with van der Waals surface area (Å²) in [6, 6.07) is 19.4. The molecule has 1 aromatic heterocycles. The van der Waals surface area contributed by atoms with Crippen LogP contribution < -0.4 is 20.1 Å². The van der Waals surface area contributed by atoms with E-state index in [1.54, 1.807) is 54.7 Å². The summed E-state index contributed by atoms with van der Waals surface area (Å²) in [6.07, 6.45) is 1.67. The van der Waals surface area contributed by atoms with Gasteiger partial charge in [-0.05, 0) is 83.5 Å². The summed E-state index contributed by atoms with van der Waals surface area (Å²) >= 11 is 6.98. The zero-order valence-electron chi connectivity index (χ0n) is 18.7. The minimum Gasteiger partial charge on any atom is -0.494 e. The molecule has 0 atom stereocenters. The lowest BCUT2D eigenvalue weighted by Crippen LogP contribution is -2.20. The Morgan fingerprint density at radius 1 is 0.886 bits per heavy atom. The smallest absolute Gasteiger partial charge is 0.262 e. The first-order valence-electron chi connectivity index (χ1n) is 10.7. The average molecular weight is 599 g/mol. The Hall–Kier alpha value is -3.43. The topological polar surface area (TPSA) is 89.6 Å². The van der Waals surface area contributed by atoms with Gasteiger partial charge in [0.1, 0.15) is 11.3 Å². The Bertz CT molecular complexity index is 1360. The van der Waals surface area contributed by atoms with Gasteiger partial charge >= 0.3 is 0 Å². The molecule has 9 heteroatoms. The van der Waals surface area contributed by atoms with Crippen LogP contribution in [0.15, 0.2) is 81.9 Å². The normalized spacial score (nSPS) is 10.6. The van der Waals surface area contributed by atoms with Crippen molar-refractivity contribution in [1.29, 1.82) is 0 Å². The number of anilines is 2. The predicted molar refractivity (Wildman–Crippen MR) is 143 cm³/mol. The van der Waals surface area contributed by atoms with Crippen LogP contribution in [0.1, 0.15) is 17.3 Å². The fourth-order valence-corrected chi connectivity index (χ4v) is 4.72. The molecule has 7 nitrogen and oxygen atoms in total. The van der Waals surface area contributed by atoms with Crippen LogP contribution >= 0.6 is 31.9 Å². The Kier molecular flexibility index (Phi) is 7.99. The number of carbonyl (C=O) groups is 2. The fourth-order valence-electron chi connectivity index (χ4n) is 3.33. The monoisotopic (exact) mass is 597 g/mol. The number of hydrogen-bond acceptors (Lipinski definition) is 5. The van der Waals surface area contributed by atoms with Crippen LogP contribution in [-0.4, -0.2) is 30.0 Å². The van der Waals surface area contributed by atoms with E-state index in [1.807, 2.05) is 25.1 Å². The van der Waals surface area contributed by atoms with Crippen molar-refractivity contribution in [3.05, 3.63) is 87.4 Å². The molecule has 4 rings (SSSR count). The number of carbonyl (C=O) groups excluding carboxylic acids is 2. The molecule has 3 aromatic carbocycles. The molecule has 2 N–H and O–H groups in total. The minimum absolute atomic E-state index is 0.202. The zero-order valence-corrected chi connectivity index (χ0v) is 21.9. The third-order valence-corrected chi connectivity index (χ3v) is 6.20. The van der Waals surface area contributed by atoms with Gasteiger partial charge in [-0.15, -0.1) is 0 Å². The molecule has 0 saturated carbocycles. The van der Waals surface area contributed by atoms with Crippen molar-refractivity contribution in [2.75, 3.05) is 23.8 Å². The third-order valence-electron chi connectivity index (χ3n) is 4.95. The van der Waals surface area contributed by atoms with Crippen molar-refractivity contribution in [3.8, 4) is 11.5 Å². The molecule has 4 aromatic rings. The molecule has 2 amide bonds. The van der Waals surface area contributed by atoms with Crippen molar-refractivity contribution in [3.63, 3.8) is 0 Å². The van der Waals surface area contributed by atoms with Crippen LogP contribution in [0.3, 0.4) is 0 Å². The molecule has 0 spiro atoms. The van der Waals surface area contributed by atoms with Crippen molar-refractivity contribution >= 4 is 66.0 Å².